The zero-order chi connectivity index (χ0) is 20.4. The number of aromatic nitrogens is 2. The van der Waals surface area contributed by atoms with Crippen LogP contribution in [0.15, 0.2) is 47.4 Å². The number of anilines is 2. The first-order chi connectivity index (χ1) is 14.0. The molecular weight excluding hydrogens is 380 g/mol. The first kappa shape index (κ1) is 19.6. The Morgan fingerprint density at radius 2 is 1.86 bits per heavy atom. The SMILES string of the molecule is CCc1c2nc(nc1-c1c(C)cccc1C)NSc1cccc(c1)NC(C)CO2. The smallest absolute Gasteiger partial charge is 0.237 e. The van der Waals surface area contributed by atoms with Gasteiger partial charge in [0.25, 0.3) is 0 Å². The maximum Gasteiger partial charge on any atom is 0.237 e. The third kappa shape index (κ3) is 4.17. The molecule has 1 unspecified atom stereocenters. The molecule has 1 aromatic heterocycles. The molecule has 0 saturated carbocycles. The van der Waals surface area contributed by atoms with Crippen LogP contribution >= 0.6 is 11.9 Å². The van der Waals surface area contributed by atoms with Gasteiger partial charge in [0.1, 0.15) is 6.61 Å². The lowest BCUT2D eigenvalue weighted by Gasteiger charge is -2.21. The van der Waals surface area contributed by atoms with E-state index in [1.807, 2.05) is 6.07 Å². The second kappa shape index (κ2) is 8.33. The molecule has 6 heteroatoms. The van der Waals surface area contributed by atoms with Crippen LogP contribution in [0, 0.1) is 13.8 Å². The highest BCUT2D eigenvalue weighted by molar-refractivity contribution is 8.00. The monoisotopic (exact) mass is 406 g/mol. The van der Waals surface area contributed by atoms with Crippen LogP contribution in [0.4, 0.5) is 11.6 Å². The Bertz CT molecular complexity index is 1020. The van der Waals surface area contributed by atoms with Gasteiger partial charge < -0.3 is 10.1 Å². The summed E-state index contributed by atoms with van der Waals surface area (Å²) in [4.78, 5) is 10.7. The van der Waals surface area contributed by atoms with E-state index >= 15 is 0 Å². The van der Waals surface area contributed by atoms with Crippen molar-refractivity contribution in [3.05, 3.63) is 59.2 Å². The van der Waals surface area contributed by atoms with Gasteiger partial charge in [-0.3, -0.25) is 4.72 Å². The number of rotatable bonds is 2. The molecule has 4 rings (SSSR count). The molecule has 5 nitrogen and oxygen atoms in total. The number of nitrogens with zero attached hydrogens (tertiary/aromatic N) is 2. The van der Waals surface area contributed by atoms with E-state index in [2.05, 4.69) is 74.1 Å². The van der Waals surface area contributed by atoms with Crippen molar-refractivity contribution in [2.24, 2.45) is 0 Å². The molecule has 4 bridgehead atoms. The highest BCUT2D eigenvalue weighted by Gasteiger charge is 2.20. The van der Waals surface area contributed by atoms with Crippen molar-refractivity contribution in [3.8, 4) is 17.1 Å². The fraction of sp³-hybridized carbons (Fsp3) is 0.304. The van der Waals surface area contributed by atoms with E-state index in [-0.39, 0.29) is 6.04 Å². The average Bonchev–Trinajstić information content (AvgIpc) is 2.70. The summed E-state index contributed by atoms with van der Waals surface area (Å²) in [5.74, 6) is 1.22. The zero-order valence-electron chi connectivity index (χ0n) is 17.2. The summed E-state index contributed by atoms with van der Waals surface area (Å²) in [5.41, 5.74) is 6.62. The van der Waals surface area contributed by atoms with E-state index in [1.165, 1.54) is 23.1 Å². The fourth-order valence-corrected chi connectivity index (χ4v) is 4.26. The van der Waals surface area contributed by atoms with Crippen LogP contribution in [0.1, 0.15) is 30.5 Å². The van der Waals surface area contributed by atoms with Crippen molar-refractivity contribution in [3.63, 3.8) is 0 Å². The van der Waals surface area contributed by atoms with Gasteiger partial charge in [0.2, 0.25) is 11.8 Å². The first-order valence-corrected chi connectivity index (χ1v) is 10.8. The van der Waals surface area contributed by atoms with Crippen molar-refractivity contribution in [2.45, 2.75) is 45.1 Å². The summed E-state index contributed by atoms with van der Waals surface area (Å²) < 4.78 is 9.51. The second-order valence-corrected chi connectivity index (χ2v) is 8.27. The third-order valence-corrected chi connectivity index (χ3v) is 5.79. The number of benzene rings is 2. The van der Waals surface area contributed by atoms with Crippen molar-refractivity contribution < 1.29 is 4.74 Å². The molecule has 0 saturated heterocycles. The van der Waals surface area contributed by atoms with Gasteiger partial charge in [-0.05, 0) is 68.5 Å². The van der Waals surface area contributed by atoms with Crippen LogP contribution < -0.4 is 14.8 Å². The number of ether oxygens (including phenoxy) is 1. The minimum Gasteiger partial charge on any atom is -0.475 e. The molecular formula is C23H26N4OS. The van der Waals surface area contributed by atoms with Gasteiger partial charge in [-0.2, -0.15) is 4.98 Å². The number of nitrogens with one attached hydrogen (secondary N) is 2. The molecule has 2 aromatic carbocycles. The van der Waals surface area contributed by atoms with E-state index in [0.29, 0.717) is 18.4 Å². The molecule has 3 aromatic rings. The molecule has 1 atom stereocenters. The third-order valence-electron chi connectivity index (χ3n) is 5.02. The zero-order valence-corrected chi connectivity index (χ0v) is 18.1. The van der Waals surface area contributed by atoms with Crippen LogP contribution in [-0.2, 0) is 6.42 Å². The predicted molar refractivity (Wildman–Crippen MR) is 121 cm³/mol. The molecule has 0 spiro atoms. The summed E-state index contributed by atoms with van der Waals surface area (Å²) in [5, 5.41) is 3.50. The van der Waals surface area contributed by atoms with E-state index in [1.54, 1.807) is 0 Å². The summed E-state index contributed by atoms with van der Waals surface area (Å²) in [7, 11) is 0. The van der Waals surface area contributed by atoms with Crippen molar-refractivity contribution in [1.29, 1.82) is 0 Å². The maximum absolute atomic E-state index is 6.20. The number of hydrogen-bond donors (Lipinski definition) is 2. The average molecular weight is 407 g/mol. The molecule has 1 aliphatic rings. The minimum absolute atomic E-state index is 0.148. The largest absolute Gasteiger partial charge is 0.475 e. The Labute approximate surface area is 176 Å². The van der Waals surface area contributed by atoms with E-state index < -0.39 is 0 Å². The lowest BCUT2D eigenvalue weighted by molar-refractivity contribution is 0.289. The topological polar surface area (TPSA) is 59.1 Å². The number of hydrogen-bond acceptors (Lipinski definition) is 6. The number of fused-ring (bicyclic) bond motifs is 4. The summed E-state index contributed by atoms with van der Waals surface area (Å²) in [6, 6.07) is 14.8. The van der Waals surface area contributed by atoms with Crippen LogP contribution in [0.3, 0.4) is 0 Å². The van der Waals surface area contributed by atoms with E-state index in [9.17, 15) is 0 Å². The molecule has 1 aliphatic heterocycles. The molecule has 0 aliphatic carbocycles. The van der Waals surface area contributed by atoms with Crippen LogP contribution in [-0.4, -0.2) is 22.6 Å². The lowest BCUT2D eigenvalue weighted by Crippen LogP contribution is -2.24. The molecule has 0 radical (unpaired) electrons. The van der Waals surface area contributed by atoms with Crippen molar-refractivity contribution in [2.75, 3.05) is 16.6 Å². The van der Waals surface area contributed by atoms with Gasteiger partial charge in [-0.25, -0.2) is 4.98 Å². The molecule has 29 heavy (non-hydrogen) atoms. The van der Waals surface area contributed by atoms with Gasteiger partial charge in [0.05, 0.1) is 11.7 Å². The summed E-state index contributed by atoms with van der Waals surface area (Å²) in [6.45, 7) is 9.02. The first-order valence-electron chi connectivity index (χ1n) is 9.95. The molecule has 150 valence electrons. The minimum atomic E-state index is 0.148. The van der Waals surface area contributed by atoms with Crippen LogP contribution in [0.25, 0.3) is 11.3 Å². The Morgan fingerprint density at radius 1 is 1.10 bits per heavy atom. The maximum atomic E-state index is 6.20. The van der Waals surface area contributed by atoms with Gasteiger partial charge in [0, 0.05) is 21.7 Å². The second-order valence-electron chi connectivity index (χ2n) is 7.39. The van der Waals surface area contributed by atoms with Gasteiger partial charge >= 0.3 is 0 Å². The van der Waals surface area contributed by atoms with Crippen LogP contribution in [0.5, 0.6) is 5.88 Å². The number of aryl methyl sites for hydroxylation is 2. The van der Waals surface area contributed by atoms with Crippen molar-refractivity contribution >= 4 is 23.6 Å². The normalized spacial score (nSPS) is 15.9. The standard InChI is InChI=1S/C23H26N4OS/c1-5-19-21(20-14(2)8-6-9-15(20)3)25-23-26-22(19)28-13-16(4)24-17-10-7-11-18(12-17)29-27-23/h6-12,16,24H,5,13H2,1-4H3,(H,25,26,27). The van der Waals surface area contributed by atoms with Gasteiger partial charge in [-0.15, -0.1) is 0 Å². The van der Waals surface area contributed by atoms with E-state index in [0.717, 1.165) is 33.8 Å². The Balaban J connectivity index is 1.84. The van der Waals surface area contributed by atoms with Gasteiger partial charge in [-0.1, -0.05) is 31.2 Å². The summed E-state index contributed by atoms with van der Waals surface area (Å²) >= 11 is 1.50. The highest BCUT2D eigenvalue weighted by Crippen LogP contribution is 2.35. The highest BCUT2D eigenvalue weighted by atomic mass is 32.2. The van der Waals surface area contributed by atoms with Gasteiger partial charge in [0.15, 0.2) is 0 Å². The molecule has 0 fully saturated rings. The lowest BCUT2D eigenvalue weighted by atomic mass is 9.96. The Hall–Kier alpha value is -2.73. The molecule has 2 heterocycles. The van der Waals surface area contributed by atoms with E-state index in [4.69, 9.17) is 14.7 Å². The fourth-order valence-electron chi connectivity index (χ4n) is 3.63. The Kier molecular flexibility index (Phi) is 5.62. The summed E-state index contributed by atoms with van der Waals surface area (Å²) in [6.07, 6.45) is 0.798. The molecule has 0 amide bonds. The molecule has 2 N–H and O–H groups in total. The predicted octanol–water partition coefficient (Wildman–Crippen LogP) is 5.63. The Morgan fingerprint density at radius 3 is 2.62 bits per heavy atom. The quantitative estimate of drug-likeness (QED) is 0.538. The van der Waals surface area contributed by atoms with Crippen molar-refractivity contribution in [1.82, 2.24) is 9.97 Å². The van der Waals surface area contributed by atoms with Crippen LogP contribution in [0.2, 0.25) is 0 Å².